The van der Waals surface area contributed by atoms with E-state index in [0.29, 0.717) is 12.8 Å². The second-order valence-electron chi connectivity index (χ2n) is 7.29. The Bertz CT molecular complexity index is 780. The van der Waals surface area contributed by atoms with E-state index >= 15 is 0 Å². The average Bonchev–Trinajstić information content (AvgIpc) is 2.91. The summed E-state index contributed by atoms with van der Waals surface area (Å²) in [5, 5.41) is 13.5. The van der Waals surface area contributed by atoms with Crippen LogP contribution in [-0.4, -0.2) is 27.6 Å². The fourth-order valence-corrected chi connectivity index (χ4v) is 3.98. The lowest BCUT2D eigenvalue weighted by Gasteiger charge is -2.27. The van der Waals surface area contributed by atoms with Crippen molar-refractivity contribution in [2.75, 3.05) is 0 Å². The van der Waals surface area contributed by atoms with Gasteiger partial charge in [-0.15, -0.1) is 0 Å². The summed E-state index contributed by atoms with van der Waals surface area (Å²) in [6, 6.07) is 8.28. The third-order valence-corrected chi connectivity index (χ3v) is 5.29. The van der Waals surface area contributed by atoms with Gasteiger partial charge in [-0.25, -0.2) is 0 Å². The lowest BCUT2D eigenvalue weighted by Crippen LogP contribution is -2.40. The molecule has 134 valence electrons. The molecule has 1 fully saturated rings. The smallest absolute Gasteiger partial charge is 0.306 e. The number of carboxylic acid groups (broad SMARTS) is 1. The number of nitrogens with zero attached hydrogens (tertiary/aromatic N) is 1. The first-order valence-electron chi connectivity index (χ1n) is 9.02. The van der Waals surface area contributed by atoms with E-state index in [1.54, 1.807) is 0 Å². The second kappa shape index (κ2) is 7.30. The average molecular weight is 342 g/mol. The monoisotopic (exact) mass is 342 g/mol. The third kappa shape index (κ3) is 3.86. The van der Waals surface area contributed by atoms with Crippen LogP contribution in [0.4, 0.5) is 0 Å². The third-order valence-electron chi connectivity index (χ3n) is 5.29. The molecule has 2 aromatic rings. The summed E-state index contributed by atoms with van der Waals surface area (Å²) in [5.41, 5.74) is 2.41. The Hall–Kier alpha value is -2.30. The van der Waals surface area contributed by atoms with Gasteiger partial charge >= 0.3 is 5.97 Å². The molecule has 3 rings (SSSR count). The topological polar surface area (TPSA) is 71.3 Å². The van der Waals surface area contributed by atoms with Crippen molar-refractivity contribution < 1.29 is 14.7 Å². The number of carbonyl (C=O) groups excluding carboxylic acids is 1. The molecule has 1 unspecified atom stereocenters. The van der Waals surface area contributed by atoms with Crippen molar-refractivity contribution in [3.05, 3.63) is 36.0 Å². The Morgan fingerprint density at radius 3 is 2.76 bits per heavy atom. The SMILES string of the molecule is CC(Cc1cn(C)c2ccccc12)NC(=O)[C@@H]1CCC[C@H](C(=O)O)C1. The number of amides is 1. The number of carbonyl (C=O) groups is 2. The number of hydrogen-bond donors (Lipinski definition) is 2. The number of aliphatic carboxylic acids is 1. The normalized spacial score (nSPS) is 21.8. The highest BCUT2D eigenvalue weighted by molar-refractivity contribution is 5.84. The summed E-state index contributed by atoms with van der Waals surface area (Å²) in [6.45, 7) is 2.01. The van der Waals surface area contributed by atoms with Crippen LogP contribution < -0.4 is 5.32 Å². The summed E-state index contributed by atoms with van der Waals surface area (Å²) in [4.78, 5) is 23.7. The van der Waals surface area contributed by atoms with E-state index < -0.39 is 5.97 Å². The van der Waals surface area contributed by atoms with E-state index in [0.717, 1.165) is 19.3 Å². The number of para-hydroxylation sites is 1. The van der Waals surface area contributed by atoms with Crippen LogP contribution in [0, 0.1) is 11.8 Å². The molecule has 25 heavy (non-hydrogen) atoms. The van der Waals surface area contributed by atoms with Gasteiger partial charge in [0.2, 0.25) is 5.91 Å². The largest absolute Gasteiger partial charge is 0.481 e. The molecule has 0 aliphatic heterocycles. The fourth-order valence-electron chi connectivity index (χ4n) is 3.98. The van der Waals surface area contributed by atoms with Crippen LogP contribution in [-0.2, 0) is 23.1 Å². The summed E-state index contributed by atoms with van der Waals surface area (Å²) >= 11 is 0. The van der Waals surface area contributed by atoms with E-state index in [-0.39, 0.29) is 23.8 Å². The number of rotatable bonds is 5. The van der Waals surface area contributed by atoms with E-state index in [9.17, 15) is 14.7 Å². The van der Waals surface area contributed by atoms with Crippen LogP contribution in [0.1, 0.15) is 38.2 Å². The van der Waals surface area contributed by atoms with Crippen LogP contribution in [0.25, 0.3) is 10.9 Å². The van der Waals surface area contributed by atoms with Crippen molar-refractivity contribution in [2.24, 2.45) is 18.9 Å². The molecule has 1 aliphatic carbocycles. The predicted octanol–water partition coefficient (Wildman–Crippen LogP) is 3.12. The Labute approximate surface area is 148 Å². The fraction of sp³-hybridized carbons (Fsp3) is 0.500. The Kier molecular flexibility index (Phi) is 5.11. The van der Waals surface area contributed by atoms with Crippen molar-refractivity contribution >= 4 is 22.8 Å². The van der Waals surface area contributed by atoms with Crippen molar-refractivity contribution in [1.29, 1.82) is 0 Å². The molecular weight excluding hydrogens is 316 g/mol. The lowest BCUT2D eigenvalue weighted by molar-refractivity contribution is -0.144. The van der Waals surface area contributed by atoms with E-state index in [1.807, 2.05) is 26.1 Å². The van der Waals surface area contributed by atoms with Crippen LogP contribution >= 0.6 is 0 Å². The predicted molar refractivity (Wildman–Crippen MR) is 97.3 cm³/mol. The van der Waals surface area contributed by atoms with Crippen molar-refractivity contribution in [1.82, 2.24) is 9.88 Å². The number of nitrogens with one attached hydrogen (secondary N) is 1. The number of fused-ring (bicyclic) bond motifs is 1. The van der Waals surface area contributed by atoms with Crippen LogP contribution in [0.2, 0.25) is 0 Å². The zero-order valence-corrected chi connectivity index (χ0v) is 14.9. The Morgan fingerprint density at radius 2 is 2.00 bits per heavy atom. The molecule has 1 saturated carbocycles. The molecule has 2 N–H and O–H groups in total. The number of aromatic nitrogens is 1. The molecule has 5 heteroatoms. The molecule has 0 bridgehead atoms. The van der Waals surface area contributed by atoms with E-state index in [2.05, 4.69) is 28.2 Å². The highest BCUT2D eigenvalue weighted by atomic mass is 16.4. The zero-order valence-electron chi connectivity index (χ0n) is 14.9. The molecule has 1 aliphatic rings. The van der Waals surface area contributed by atoms with Crippen molar-refractivity contribution in [2.45, 2.75) is 45.1 Å². The number of aryl methyl sites for hydroxylation is 1. The maximum atomic E-state index is 12.5. The van der Waals surface area contributed by atoms with E-state index in [4.69, 9.17) is 0 Å². The molecular formula is C20H26N2O3. The Morgan fingerprint density at radius 1 is 1.28 bits per heavy atom. The number of hydrogen-bond acceptors (Lipinski definition) is 2. The standard InChI is InChI=1S/C20H26N2O3/c1-13(10-16-12-22(2)18-9-4-3-8-17(16)18)21-19(23)14-6-5-7-15(11-14)20(24)25/h3-4,8-9,12-15H,5-7,10-11H2,1-2H3,(H,21,23)(H,24,25)/t13?,14-,15+/m1/s1. The van der Waals surface area contributed by atoms with Crippen LogP contribution in [0.3, 0.4) is 0 Å². The van der Waals surface area contributed by atoms with Gasteiger partial charge in [-0.1, -0.05) is 24.6 Å². The zero-order chi connectivity index (χ0) is 18.0. The lowest BCUT2D eigenvalue weighted by atomic mass is 9.81. The van der Waals surface area contributed by atoms with Gasteiger partial charge in [-0.3, -0.25) is 9.59 Å². The molecule has 3 atom stereocenters. The summed E-state index contributed by atoms with van der Waals surface area (Å²) < 4.78 is 2.11. The molecule has 0 radical (unpaired) electrons. The van der Waals surface area contributed by atoms with Crippen LogP contribution in [0.5, 0.6) is 0 Å². The first kappa shape index (κ1) is 17.5. The minimum atomic E-state index is -0.777. The second-order valence-corrected chi connectivity index (χ2v) is 7.29. The van der Waals surface area contributed by atoms with Gasteiger partial charge in [0, 0.05) is 36.1 Å². The minimum Gasteiger partial charge on any atom is -0.481 e. The Balaban J connectivity index is 1.62. The van der Waals surface area contributed by atoms with Gasteiger partial charge in [0.15, 0.2) is 0 Å². The molecule has 5 nitrogen and oxygen atoms in total. The number of benzene rings is 1. The number of carboxylic acids is 1. The summed E-state index contributed by atoms with van der Waals surface area (Å²) in [7, 11) is 2.03. The molecule has 1 heterocycles. The van der Waals surface area contributed by atoms with Gasteiger partial charge < -0.3 is 15.0 Å². The molecule has 1 aromatic carbocycles. The first-order valence-corrected chi connectivity index (χ1v) is 9.02. The highest BCUT2D eigenvalue weighted by Gasteiger charge is 2.31. The van der Waals surface area contributed by atoms with Gasteiger partial charge in [0.1, 0.15) is 0 Å². The minimum absolute atomic E-state index is 0.00122. The van der Waals surface area contributed by atoms with Crippen molar-refractivity contribution in [3.63, 3.8) is 0 Å². The van der Waals surface area contributed by atoms with E-state index in [1.165, 1.54) is 16.5 Å². The first-order chi connectivity index (χ1) is 12.0. The van der Waals surface area contributed by atoms with Gasteiger partial charge in [-0.05, 0) is 44.2 Å². The highest BCUT2D eigenvalue weighted by Crippen LogP contribution is 2.29. The van der Waals surface area contributed by atoms with Crippen molar-refractivity contribution in [3.8, 4) is 0 Å². The van der Waals surface area contributed by atoms with Gasteiger partial charge in [-0.2, -0.15) is 0 Å². The molecule has 1 aromatic heterocycles. The molecule has 0 spiro atoms. The summed E-state index contributed by atoms with van der Waals surface area (Å²) in [6.07, 6.45) is 5.63. The molecule has 0 saturated heterocycles. The van der Waals surface area contributed by atoms with Gasteiger partial charge in [0.25, 0.3) is 0 Å². The maximum Gasteiger partial charge on any atom is 0.306 e. The quantitative estimate of drug-likeness (QED) is 0.877. The van der Waals surface area contributed by atoms with Gasteiger partial charge in [0.05, 0.1) is 5.92 Å². The molecule has 1 amide bonds. The van der Waals surface area contributed by atoms with Crippen LogP contribution in [0.15, 0.2) is 30.5 Å². The maximum absolute atomic E-state index is 12.5. The summed E-state index contributed by atoms with van der Waals surface area (Å²) in [5.74, 6) is -1.33.